The molecule has 0 spiro atoms. The van der Waals surface area contributed by atoms with Crippen LogP contribution in [0.1, 0.15) is 31.2 Å². The minimum atomic E-state index is 0. The van der Waals surface area contributed by atoms with Crippen molar-refractivity contribution in [3.05, 3.63) is 29.8 Å². The van der Waals surface area contributed by atoms with E-state index in [9.17, 15) is 4.79 Å². The predicted molar refractivity (Wildman–Crippen MR) is 136 cm³/mol. The quantitative estimate of drug-likeness (QED) is 0.326. The lowest BCUT2D eigenvalue weighted by atomic mass is 10.1. The van der Waals surface area contributed by atoms with Crippen LogP contribution in [-0.4, -0.2) is 87.0 Å². The third-order valence-corrected chi connectivity index (χ3v) is 6.25. The summed E-state index contributed by atoms with van der Waals surface area (Å²) >= 11 is 0. The number of aliphatic imine (C=N–C) groups is 1. The van der Waals surface area contributed by atoms with Crippen molar-refractivity contribution in [2.24, 2.45) is 10.9 Å². The molecule has 0 unspecified atom stereocenters. The molecule has 1 N–H and O–H groups in total. The second-order valence-electron chi connectivity index (χ2n) is 8.33. The minimum absolute atomic E-state index is 0. The van der Waals surface area contributed by atoms with Gasteiger partial charge in [0.15, 0.2) is 5.96 Å². The second kappa shape index (κ2) is 13.1. The Morgan fingerprint density at radius 1 is 1.16 bits per heavy atom. The predicted octanol–water partition coefficient (Wildman–Crippen LogP) is 2.65. The van der Waals surface area contributed by atoms with Crippen LogP contribution in [0.3, 0.4) is 0 Å². The fourth-order valence-corrected chi connectivity index (χ4v) is 4.41. The average Bonchev–Trinajstić information content (AvgIpc) is 3.32. The van der Waals surface area contributed by atoms with Gasteiger partial charge in [0, 0.05) is 65.8 Å². The van der Waals surface area contributed by atoms with Crippen LogP contribution in [0, 0.1) is 5.92 Å². The molecule has 2 aliphatic rings. The minimum Gasteiger partial charge on any atom is -0.497 e. The van der Waals surface area contributed by atoms with Crippen LogP contribution in [0.15, 0.2) is 29.3 Å². The van der Waals surface area contributed by atoms with Crippen molar-refractivity contribution < 1.29 is 9.53 Å². The van der Waals surface area contributed by atoms with Crippen LogP contribution in [0.5, 0.6) is 5.75 Å². The van der Waals surface area contributed by atoms with Gasteiger partial charge < -0.3 is 19.9 Å². The Hall–Kier alpha value is -1.55. The van der Waals surface area contributed by atoms with E-state index in [0.29, 0.717) is 11.8 Å². The number of methoxy groups -OCH3 is 1. The van der Waals surface area contributed by atoms with Gasteiger partial charge in [-0.15, -0.1) is 24.0 Å². The molecule has 3 rings (SSSR count). The summed E-state index contributed by atoms with van der Waals surface area (Å²) in [5.41, 5.74) is 1.21. The van der Waals surface area contributed by atoms with Crippen molar-refractivity contribution in [3.63, 3.8) is 0 Å². The molecule has 1 aromatic carbocycles. The number of amides is 1. The van der Waals surface area contributed by atoms with Gasteiger partial charge in [-0.2, -0.15) is 0 Å². The Labute approximate surface area is 204 Å². The number of nitrogens with zero attached hydrogens (tertiary/aromatic N) is 4. The first kappa shape index (κ1) is 25.7. The number of carbonyl (C=O) groups excluding carboxylic acids is 1. The highest BCUT2D eigenvalue weighted by Crippen LogP contribution is 2.26. The molecule has 174 valence electrons. The lowest BCUT2D eigenvalue weighted by Gasteiger charge is -2.36. The van der Waals surface area contributed by atoms with Crippen molar-refractivity contribution >= 4 is 35.8 Å². The lowest BCUT2D eigenvalue weighted by molar-refractivity contribution is -0.137. The maximum absolute atomic E-state index is 12.6. The SMILES string of the molecule is CN=C(NCCN1CCN(C(=O)C2CCCC2)CC1)N(C)Cc1ccc(OC)cc1.I. The number of nitrogens with one attached hydrogen (secondary N) is 1. The van der Waals surface area contributed by atoms with E-state index in [2.05, 4.69) is 37.1 Å². The van der Waals surface area contributed by atoms with Crippen molar-refractivity contribution in [2.45, 2.75) is 32.2 Å². The van der Waals surface area contributed by atoms with E-state index in [1.54, 1.807) is 7.11 Å². The molecule has 1 saturated carbocycles. The van der Waals surface area contributed by atoms with E-state index in [4.69, 9.17) is 4.74 Å². The van der Waals surface area contributed by atoms with Crippen molar-refractivity contribution in [3.8, 4) is 5.75 Å². The molecule has 1 heterocycles. The molecule has 1 amide bonds. The number of benzene rings is 1. The summed E-state index contributed by atoms with van der Waals surface area (Å²) in [7, 11) is 5.55. The van der Waals surface area contributed by atoms with E-state index in [1.165, 1.54) is 18.4 Å². The first-order valence-corrected chi connectivity index (χ1v) is 11.2. The summed E-state index contributed by atoms with van der Waals surface area (Å²) in [5, 5.41) is 3.47. The zero-order chi connectivity index (χ0) is 21.3. The van der Waals surface area contributed by atoms with Gasteiger partial charge in [0.1, 0.15) is 5.75 Å². The van der Waals surface area contributed by atoms with E-state index in [0.717, 1.165) is 70.4 Å². The summed E-state index contributed by atoms with van der Waals surface area (Å²) in [4.78, 5) is 23.6. The zero-order valence-electron chi connectivity index (χ0n) is 19.2. The Morgan fingerprint density at radius 3 is 2.39 bits per heavy atom. The fraction of sp³-hybridized carbons (Fsp3) is 0.652. The first-order chi connectivity index (χ1) is 14.6. The molecule has 2 fully saturated rings. The van der Waals surface area contributed by atoms with Gasteiger partial charge in [-0.3, -0.25) is 14.7 Å². The molecule has 1 saturated heterocycles. The number of hydrogen-bond acceptors (Lipinski definition) is 4. The van der Waals surface area contributed by atoms with E-state index in [1.807, 2.05) is 26.2 Å². The highest BCUT2D eigenvalue weighted by molar-refractivity contribution is 14.0. The molecule has 0 atom stereocenters. The maximum Gasteiger partial charge on any atom is 0.225 e. The molecule has 7 nitrogen and oxygen atoms in total. The Balaban J connectivity index is 0.00000341. The van der Waals surface area contributed by atoms with Gasteiger partial charge in [-0.05, 0) is 30.5 Å². The molecule has 1 aliphatic heterocycles. The van der Waals surface area contributed by atoms with E-state index < -0.39 is 0 Å². The normalized spacial score (nSPS) is 17.9. The van der Waals surface area contributed by atoms with Crippen molar-refractivity contribution in [1.82, 2.24) is 20.0 Å². The zero-order valence-corrected chi connectivity index (χ0v) is 21.5. The summed E-state index contributed by atoms with van der Waals surface area (Å²) in [6.07, 6.45) is 4.62. The van der Waals surface area contributed by atoms with Gasteiger partial charge in [0.2, 0.25) is 5.91 Å². The van der Waals surface area contributed by atoms with Crippen LogP contribution in [0.25, 0.3) is 0 Å². The number of halogens is 1. The van der Waals surface area contributed by atoms with Crippen molar-refractivity contribution in [2.75, 3.05) is 60.5 Å². The Bertz CT molecular complexity index is 698. The Morgan fingerprint density at radius 2 is 1.81 bits per heavy atom. The highest BCUT2D eigenvalue weighted by Gasteiger charge is 2.29. The number of carbonyl (C=O) groups is 1. The molecule has 8 heteroatoms. The molecule has 0 radical (unpaired) electrons. The van der Waals surface area contributed by atoms with Crippen LogP contribution < -0.4 is 10.1 Å². The molecule has 0 bridgehead atoms. The van der Waals surface area contributed by atoms with Gasteiger partial charge >= 0.3 is 0 Å². The summed E-state index contributed by atoms with van der Waals surface area (Å²) < 4.78 is 5.22. The largest absolute Gasteiger partial charge is 0.497 e. The average molecular weight is 543 g/mol. The van der Waals surface area contributed by atoms with Gasteiger partial charge in [0.05, 0.1) is 7.11 Å². The van der Waals surface area contributed by atoms with E-state index >= 15 is 0 Å². The van der Waals surface area contributed by atoms with Gasteiger partial charge in [-0.25, -0.2) is 0 Å². The number of rotatable bonds is 7. The van der Waals surface area contributed by atoms with Gasteiger partial charge in [0.25, 0.3) is 0 Å². The van der Waals surface area contributed by atoms with Gasteiger partial charge in [-0.1, -0.05) is 25.0 Å². The molecule has 1 aliphatic carbocycles. The molecular formula is C23H38IN5O2. The third kappa shape index (κ3) is 7.52. The van der Waals surface area contributed by atoms with Crippen molar-refractivity contribution in [1.29, 1.82) is 0 Å². The van der Waals surface area contributed by atoms with Crippen LogP contribution >= 0.6 is 24.0 Å². The Kier molecular flexibility index (Phi) is 10.9. The number of ether oxygens (including phenoxy) is 1. The summed E-state index contributed by atoms with van der Waals surface area (Å²) in [6, 6.07) is 8.12. The molecule has 1 aromatic rings. The number of guanidine groups is 1. The highest BCUT2D eigenvalue weighted by atomic mass is 127. The number of piperazine rings is 1. The second-order valence-corrected chi connectivity index (χ2v) is 8.33. The topological polar surface area (TPSA) is 60.4 Å². The smallest absolute Gasteiger partial charge is 0.225 e. The number of hydrogen-bond donors (Lipinski definition) is 1. The standard InChI is InChI=1S/C23H37N5O2.HI/c1-24-23(26(2)18-19-8-10-21(30-3)11-9-19)25-12-13-27-14-16-28(17-15-27)22(29)20-6-4-5-7-20;/h8-11,20H,4-7,12-18H2,1-3H3,(H,24,25);1H. The third-order valence-electron chi connectivity index (χ3n) is 6.25. The maximum atomic E-state index is 12.6. The lowest BCUT2D eigenvalue weighted by Crippen LogP contribution is -2.51. The van der Waals surface area contributed by atoms with Crippen LogP contribution in [0.2, 0.25) is 0 Å². The van der Waals surface area contributed by atoms with E-state index in [-0.39, 0.29) is 24.0 Å². The summed E-state index contributed by atoms with van der Waals surface area (Å²) in [5.74, 6) is 2.45. The molecule has 31 heavy (non-hydrogen) atoms. The molecule has 0 aromatic heterocycles. The first-order valence-electron chi connectivity index (χ1n) is 11.2. The summed E-state index contributed by atoms with van der Waals surface area (Å²) in [6.45, 7) is 6.23. The molecular weight excluding hydrogens is 505 g/mol. The fourth-order valence-electron chi connectivity index (χ4n) is 4.41. The van der Waals surface area contributed by atoms with Crippen LogP contribution in [-0.2, 0) is 11.3 Å². The van der Waals surface area contributed by atoms with Crippen LogP contribution in [0.4, 0.5) is 0 Å². The monoisotopic (exact) mass is 543 g/mol.